The van der Waals surface area contributed by atoms with Gasteiger partial charge in [0.1, 0.15) is 0 Å². The van der Waals surface area contributed by atoms with Crippen LogP contribution in [0.15, 0.2) is 11.6 Å². The number of ether oxygens (including phenoxy) is 1. The van der Waals surface area contributed by atoms with Crippen LogP contribution in [0.2, 0.25) is 0 Å². The van der Waals surface area contributed by atoms with Crippen molar-refractivity contribution < 1.29 is 9.53 Å². The molecule has 0 N–H and O–H groups in total. The van der Waals surface area contributed by atoms with Crippen molar-refractivity contribution in [2.75, 3.05) is 6.61 Å². The van der Waals surface area contributed by atoms with Gasteiger partial charge in [-0.25, -0.2) is 4.79 Å². The van der Waals surface area contributed by atoms with Gasteiger partial charge in [0.05, 0.1) is 6.61 Å². The Labute approximate surface area is 99.1 Å². The third kappa shape index (κ3) is 4.82. The van der Waals surface area contributed by atoms with E-state index in [4.69, 9.17) is 4.74 Å². The third-order valence-electron chi connectivity index (χ3n) is 3.01. The Morgan fingerprint density at radius 2 is 1.94 bits per heavy atom. The predicted molar refractivity (Wildman–Crippen MR) is 66.1 cm³/mol. The summed E-state index contributed by atoms with van der Waals surface area (Å²) in [6, 6.07) is 0. The number of allylic oxidation sites excluding steroid dienone is 1. The van der Waals surface area contributed by atoms with Crippen molar-refractivity contribution in [3.63, 3.8) is 0 Å². The second-order valence-electron chi connectivity index (χ2n) is 5.24. The second-order valence-corrected chi connectivity index (χ2v) is 5.24. The number of hydrogen-bond donors (Lipinski definition) is 0. The van der Waals surface area contributed by atoms with E-state index in [1.165, 1.54) is 32.1 Å². The fourth-order valence-electron chi connectivity index (χ4n) is 2.08. The van der Waals surface area contributed by atoms with Crippen LogP contribution in [-0.4, -0.2) is 12.6 Å². The molecule has 0 amide bonds. The maximum Gasteiger partial charge on any atom is 0.333 e. The molecule has 1 fully saturated rings. The second kappa shape index (κ2) is 6.72. The van der Waals surface area contributed by atoms with Crippen LogP contribution >= 0.6 is 0 Å². The highest BCUT2D eigenvalue weighted by Crippen LogP contribution is 2.25. The molecule has 0 spiro atoms. The Hall–Kier alpha value is -0.790. The first-order valence-electron chi connectivity index (χ1n) is 6.45. The highest BCUT2D eigenvalue weighted by atomic mass is 16.5. The van der Waals surface area contributed by atoms with Gasteiger partial charge < -0.3 is 4.74 Å². The quantitative estimate of drug-likeness (QED) is 0.537. The van der Waals surface area contributed by atoms with Crippen LogP contribution in [0.4, 0.5) is 0 Å². The molecular formula is C14H24O2. The van der Waals surface area contributed by atoms with Gasteiger partial charge in [-0.1, -0.05) is 39.2 Å². The largest absolute Gasteiger partial charge is 0.462 e. The van der Waals surface area contributed by atoms with Gasteiger partial charge in [0.2, 0.25) is 0 Å². The summed E-state index contributed by atoms with van der Waals surface area (Å²) in [4.78, 5) is 11.6. The molecule has 0 heterocycles. The molecule has 2 heteroatoms. The molecule has 0 aromatic carbocycles. The minimum Gasteiger partial charge on any atom is -0.462 e. The van der Waals surface area contributed by atoms with E-state index in [0.29, 0.717) is 18.4 Å². The summed E-state index contributed by atoms with van der Waals surface area (Å²) in [5.41, 5.74) is 0.785. The third-order valence-corrected chi connectivity index (χ3v) is 3.01. The van der Waals surface area contributed by atoms with Crippen LogP contribution in [0.5, 0.6) is 0 Å². The summed E-state index contributed by atoms with van der Waals surface area (Å²) in [5.74, 6) is 0.867. The number of carbonyl (C=O) groups is 1. The Bertz CT molecular complexity index is 247. The summed E-state index contributed by atoms with van der Waals surface area (Å²) in [7, 11) is 0. The smallest absolute Gasteiger partial charge is 0.333 e. The highest BCUT2D eigenvalue weighted by Gasteiger charge is 2.14. The van der Waals surface area contributed by atoms with Crippen LogP contribution in [-0.2, 0) is 9.53 Å². The van der Waals surface area contributed by atoms with Gasteiger partial charge >= 0.3 is 5.97 Å². The van der Waals surface area contributed by atoms with E-state index in [1.807, 2.05) is 20.8 Å². The summed E-state index contributed by atoms with van der Waals surface area (Å²) < 4.78 is 5.20. The Morgan fingerprint density at radius 1 is 1.31 bits per heavy atom. The molecule has 1 aliphatic rings. The zero-order valence-electron chi connectivity index (χ0n) is 10.8. The normalized spacial score (nSPS) is 18.9. The molecule has 0 aromatic rings. The molecule has 92 valence electrons. The summed E-state index contributed by atoms with van der Waals surface area (Å²) in [6.45, 7) is 6.49. The number of hydrogen-bond acceptors (Lipinski definition) is 2. The van der Waals surface area contributed by atoms with Gasteiger partial charge in [-0.15, -0.1) is 0 Å². The molecule has 0 saturated heterocycles. The molecule has 1 saturated carbocycles. The van der Waals surface area contributed by atoms with Crippen molar-refractivity contribution in [1.29, 1.82) is 0 Å². The molecule has 0 radical (unpaired) electrons. The maximum atomic E-state index is 11.6. The molecule has 0 bridgehead atoms. The van der Waals surface area contributed by atoms with Gasteiger partial charge in [0, 0.05) is 5.57 Å². The van der Waals surface area contributed by atoms with Crippen molar-refractivity contribution >= 4 is 5.97 Å². The zero-order chi connectivity index (χ0) is 12.0. The average Bonchev–Trinajstić information content (AvgIpc) is 2.27. The predicted octanol–water partition coefficient (Wildman–Crippen LogP) is 3.71. The summed E-state index contributed by atoms with van der Waals surface area (Å²) >= 11 is 0. The molecule has 0 atom stereocenters. The van der Waals surface area contributed by atoms with Crippen LogP contribution in [0.25, 0.3) is 0 Å². The van der Waals surface area contributed by atoms with Crippen molar-refractivity contribution in [2.45, 2.75) is 52.9 Å². The Kier molecular flexibility index (Phi) is 5.58. The molecule has 16 heavy (non-hydrogen) atoms. The van der Waals surface area contributed by atoms with Crippen LogP contribution in [0, 0.1) is 11.8 Å². The van der Waals surface area contributed by atoms with Gasteiger partial charge in [-0.2, -0.15) is 0 Å². The fourth-order valence-corrected chi connectivity index (χ4v) is 2.08. The first-order chi connectivity index (χ1) is 7.59. The Morgan fingerprint density at radius 3 is 2.50 bits per heavy atom. The van der Waals surface area contributed by atoms with Gasteiger partial charge in [-0.3, -0.25) is 0 Å². The standard InChI is InChI=1S/C14H24O2/c1-11(2)10-16-14(15)12(3)9-13-7-5-4-6-8-13/h9,11,13H,4-8,10H2,1-3H3. The van der Waals surface area contributed by atoms with E-state index >= 15 is 0 Å². The van der Waals surface area contributed by atoms with E-state index in [9.17, 15) is 4.79 Å². The Balaban J connectivity index is 2.38. The monoisotopic (exact) mass is 224 g/mol. The van der Waals surface area contributed by atoms with Gasteiger partial charge in [0.25, 0.3) is 0 Å². The lowest BCUT2D eigenvalue weighted by atomic mass is 9.88. The molecule has 0 aromatic heterocycles. The van der Waals surface area contributed by atoms with E-state index in [0.717, 1.165) is 5.57 Å². The molecular weight excluding hydrogens is 200 g/mol. The van der Waals surface area contributed by atoms with Crippen molar-refractivity contribution in [1.82, 2.24) is 0 Å². The first-order valence-corrected chi connectivity index (χ1v) is 6.45. The van der Waals surface area contributed by atoms with E-state index in [-0.39, 0.29) is 5.97 Å². The molecule has 1 rings (SSSR count). The van der Waals surface area contributed by atoms with Crippen LogP contribution < -0.4 is 0 Å². The van der Waals surface area contributed by atoms with Crippen molar-refractivity contribution in [2.24, 2.45) is 11.8 Å². The van der Waals surface area contributed by atoms with Crippen LogP contribution in [0.1, 0.15) is 52.9 Å². The molecule has 0 aliphatic heterocycles. The van der Waals surface area contributed by atoms with Gasteiger partial charge in [0.15, 0.2) is 0 Å². The summed E-state index contributed by atoms with van der Waals surface area (Å²) in [6.07, 6.45) is 8.53. The minimum atomic E-state index is -0.140. The van der Waals surface area contributed by atoms with Gasteiger partial charge in [-0.05, 0) is 31.6 Å². The lowest BCUT2D eigenvalue weighted by molar-refractivity contribution is -0.140. The van der Waals surface area contributed by atoms with E-state index < -0.39 is 0 Å². The number of esters is 1. The van der Waals surface area contributed by atoms with E-state index in [2.05, 4.69) is 6.08 Å². The SMILES string of the molecule is CC(=CC1CCCCC1)C(=O)OCC(C)C. The van der Waals surface area contributed by atoms with E-state index in [1.54, 1.807) is 0 Å². The topological polar surface area (TPSA) is 26.3 Å². The average molecular weight is 224 g/mol. The first kappa shape index (κ1) is 13.3. The lowest BCUT2D eigenvalue weighted by Gasteiger charge is -2.18. The van der Waals surface area contributed by atoms with Crippen LogP contribution in [0.3, 0.4) is 0 Å². The molecule has 2 nitrogen and oxygen atoms in total. The fraction of sp³-hybridized carbons (Fsp3) is 0.786. The van der Waals surface area contributed by atoms with Crippen molar-refractivity contribution in [3.8, 4) is 0 Å². The molecule has 0 unspecified atom stereocenters. The highest BCUT2D eigenvalue weighted by molar-refractivity contribution is 5.87. The minimum absolute atomic E-state index is 0.140. The number of rotatable bonds is 4. The summed E-state index contributed by atoms with van der Waals surface area (Å²) in [5, 5.41) is 0. The van der Waals surface area contributed by atoms with Crippen molar-refractivity contribution in [3.05, 3.63) is 11.6 Å². The molecule has 1 aliphatic carbocycles. The zero-order valence-corrected chi connectivity index (χ0v) is 10.8. The maximum absolute atomic E-state index is 11.6. The number of carbonyl (C=O) groups excluding carboxylic acids is 1. The lowest BCUT2D eigenvalue weighted by Crippen LogP contribution is -2.12.